The van der Waals surface area contributed by atoms with E-state index in [1.54, 1.807) is 0 Å². The van der Waals surface area contributed by atoms with Gasteiger partial charge in [0.15, 0.2) is 0 Å². The molecule has 0 saturated heterocycles. The molecule has 1 aliphatic carbocycles. The molecule has 0 bridgehead atoms. The number of rotatable bonds is 12. The van der Waals surface area contributed by atoms with Gasteiger partial charge >= 0.3 is 0 Å². The van der Waals surface area contributed by atoms with Gasteiger partial charge in [-0.2, -0.15) is 5.26 Å². The van der Waals surface area contributed by atoms with Gasteiger partial charge in [-0.25, -0.2) is 0 Å². The maximum atomic E-state index is 8.79. The van der Waals surface area contributed by atoms with Gasteiger partial charge in [-0.3, -0.25) is 0 Å². The van der Waals surface area contributed by atoms with Crippen LogP contribution < -0.4 is 0 Å². The number of nitriles is 1. The Labute approximate surface area is 145 Å². The fourth-order valence-corrected chi connectivity index (χ4v) is 4.75. The van der Waals surface area contributed by atoms with Crippen LogP contribution in [0.4, 0.5) is 0 Å². The van der Waals surface area contributed by atoms with Gasteiger partial charge in [0.25, 0.3) is 6.26 Å². The normalized spacial score (nSPS) is 25.7. The SMILES string of the molecule is CCC(CCC(CC)C(CC)C(C)OC#N)CC1CC(CC)C1. The molecule has 1 saturated carbocycles. The molecule has 1 rings (SSSR count). The minimum Gasteiger partial charge on any atom is -0.424 e. The zero-order valence-electron chi connectivity index (χ0n) is 16.2. The van der Waals surface area contributed by atoms with Crippen LogP contribution in [-0.2, 0) is 4.74 Å². The highest BCUT2D eigenvalue weighted by molar-refractivity contribution is 4.81. The van der Waals surface area contributed by atoms with Gasteiger partial charge < -0.3 is 4.74 Å². The predicted octanol–water partition coefficient (Wildman–Crippen LogP) is 6.56. The van der Waals surface area contributed by atoms with Crippen LogP contribution in [0.3, 0.4) is 0 Å². The maximum Gasteiger partial charge on any atom is 0.286 e. The number of hydrogen-bond acceptors (Lipinski definition) is 2. The molecular weight excluding hydrogens is 282 g/mol. The maximum absolute atomic E-state index is 8.79. The van der Waals surface area contributed by atoms with Gasteiger partial charge in [-0.05, 0) is 68.6 Å². The molecule has 2 heteroatoms. The topological polar surface area (TPSA) is 33.0 Å². The van der Waals surface area contributed by atoms with E-state index in [2.05, 4.69) is 34.6 Å². The first-order valence-electron chi connectivity index (χ1n) is 10.1. The first-order chi connectivity index (χ1) is 11.1. The Balaban J connectivity index is 2.42. The van der Waals surface area contributed by atoms with Gasteiger partial charge in [-0.15, -0.1) is 0 Å². The fourth-order valence-electron chi connectivity index (χ4n) is 4.75. The highest BCUT2D eigenvalue weighted by Gasteiger charge is 2.30. The van der Waals surface area contributed by atoms with E-state index in [0.29, 0.717) is 11.8 Å². The average Bonchev–Trinajstić information content (AvgIpc) is 2.52. The second-order valence-electron chi connectivity index (χ2n) is 7.85. The highest BCUT2D eigenvalue weighted by Crippen LogP contribution is 2.41. The van der Waals surface area contributed by atoms with Crippen molar-refractivity contribution in [3.05, 3.63) is 0 Å². The van der Waals surface area contributed by atoms with E-state index in [-0.39, 0.29) is 6.10 Å². The second kappa shape index (κ2) is 11.0. The molecule has 134 valence electrons. The molecule has 0 aromatic carbocycles. The molecule has 4 atom stereocenters. The molecule has 0 N–H and O–H groups in total. The van der Waals surface area contributed by atoms with Crippen LogP contribution in [0.2, 0.25) is 0 Å². The summed E-state index contributed by atoms with van der Waals surface area (Å²) in [7, 11) is 0. The van der Waals surface area contributed by atoms with Crippen molar-refractivity contribution >= 4 is 0 Å². The van der Waals surface area contributed by atoms with Crippen molar-refractivity contribution in [2.24, 2.45) is 29.6 Å². The zero-order chi connectivity index (χ0) is 17.2. The zero-order valence-corrected chi connectivity index (χ0v) is 16.2. The lowest BCUT2D eigenvalue weighted by molar-refractivity contribution is 0.0691. The van der Waals surface area contributed by atoms with Crippen molar-refractivity contribution in [2.45, 2.75) is 98.5 Å². The molecular formula is C21H39NO. The Morgan fingerprint density at radius 2 is 1.70 bits per heavy atom. The van der Waals surface area contributed by atoms with Crippen molar-refractivity contribution in [3.63, 3.8) is 0 Å². The van der Waals surface area contributed by atoms with Gasteiger partial charge in [-0.1, -0.05) is 53.4 Å². The van der Waals surface area contributed by atoms with Crippen LogP contribution in [0.1, 0.15) is 92.4 Å². The second-order valence-corrected chi connectivity index (χ2v) is 7.85. The Kier molecular flexibility index (Phi) is 9.68. The third-order valence-electron chi connectivity index (χ3n) is 6.54. The Morgan fingerprint density at radius 3 is 2.17 bits per heavy atom. The highest BCUT2D eigenvalue weighted by atomic mass is 16.5. The van der Waals surface area contributed by atoms with Crippen LogP contribution in [0.25, 0.3) is 0 Å². The third-order valence-corrected chi connectivity index (χ3v) is 6.54. The van der Waals surface area contributed by atoms with E-state index in [9.17, 15) is 0 Å². The molecule has 23 heavy (non-hydrogen) atoms. The molecule has 0 aromatic heterocycles. The smallest absolute Gasteiger partial charge is 0.286 e. The van der Waals surface area contributed by atoms with Crippen LogP contribution in [0.15, 0.2) is 0 Å². The van der Waals surface area contributed by atoms with Gasteiger partial charge in [0.05, 0.1) is 0 Å². The lowest BCUT2D eigenvalue weighted by atomic mass is 9.69. The molecule has 1 aliphatic rings. The van der Waals surface area contributed by atoms with Gasteiger partial charge in [0.1, 0.15) is 6.10 Å². The quantitative estimate of drug-likeness (QED) is 0.381. The van der Waals surface area contributed by atoms with Crippen molar-refractivity contribution in [1.29, 1.82) is 5.26 Å². The first kappa shape index (κ1) is 20.3. The van der Waals surface area contributed by atoms with Gasteiger partial charge in [0.2, 0.25) is 0 Å². The van der Waals surface area contributed by atoms with Gasteiger partial charge in [0, 0.05) is 0 Å². The summed E-state index contributed by atoms with van der Waals surface area (Å²) in [5.41, 5.74) is 0. The number of ether oxygens (including phenoxy) is 1. The molecule has 0 spiro atoms. The third kappa shape index (κ3) is 6.36. The van der Waals surface area contributed by atoms with Crippen molar-refractivity contribution in [2.75, 3.05) is 0 Å². The van der Waals surface area contributed by atoms with Crippen LogP contribution in [0.5, 0.6) is 0 Å². The van der Waals surface area contributed by atoms with E-state index in [1.165, 1.54) is 51.4 Å². The molecule has 4 unspecified atom stereocenters. The van der Waals surface area contributed by atoms with E-state index >= 15 is 0 Å². The Bertz CT molecular complexity index is 342. The summed E-state index contributed by atoms with van der Waals surface area (Å²) in [4.78, 5) is 0. The minimum absolute atomic E-state index is 0.0620. The molecule has 0 aromatic rings. The molecule has 2 nitrogen and oxygen atoms in total. The lowest BCUT2D eigenvalue weighted by Gasteiger charge is -2.37. The summed E-state index contributed by atoms with van der Waals surface area (Å²) >= 11 is 0. The van der Waals surface area contributed by atoms with Crippen molar-refractivity contribution in [3.8, 4) is 6.26 Å². The molecule has 0 heterocycles. The van der Waals surface area contributed by atoms with Crippen LogP contribution >= 0.6 is 0 Å². The number of nitrogens with zero attached hydrogens (tertiary/aromatic N) is 1. The molecule has 0 aliphatic heterocycles. The first-order valence-corrected chi connectivity index (χ1v) is 10.1. The van der Waals surface area contributed by atoms with E-state index in [1.807, 2.05) is 6.26 Å². The van der Waals surface area contributed by atoms with E-state index in [0.717, 1.165) is 24.2 Å². The summed E-state index contributed by atoms with van der Waals surface area (Å²) in [6.07, 6.45) is 14.0. The largest absolute Gasteiger partial charge is 0.424 e. The molecule has 1 fully saturated rings. The lowest BCUT2D eigenvalue weighted by Crippen LogP contribution is -2.28. The van der Waals surface area contributed by atoms with Crippen LogP contribution in [0, 0.1) is 41.1 Å². The van der Waals surface area contributed by atoms with Crippen LogP contribution in [-0.4, -0.2) is 6.10 Å². The monoisotopic (exact) mass is 321 g/mol. The summed E-state index contributed by atoms with van der Waals surface area (Å²) in [5, 5.41) is 8.79. The summed E-state index contributed by atoms with van der Waals surface area (Å²) in [5.74, 6) is 4.14. The average molecular weight is 322 g/mol. The molecule has 0 radical (unpaired) electrons. The predicted molar refractivity (Wildman–Crippen MR) is 97.9 cm³/mol. The van der Waals surface area contributed by atoms with E-state index in [4.69, 9.17) is 10.00 Å². The Hall–Kier alpha value is -0.710. The standard InChI is InChI=1S/C21H39NO/c1-6-17(12-19-13-18(7-2)14-19)10-11-20(8-3)21(9-4)16(5)23-15-22/h16-21H,6-14H2,1-5H3. The summed E-state index contributed by atoms with van der Waals surface area (Å²) in [6.45, 7) is 11.3. The number of hydrogen-bond donors (Lipinski definition) is 0. The van der Waals surface area contributed by atoms with Crippen molar-refractivity contribution < 1.29 is 4.74 Å². The molecule has 0 amide bonds. The summed E-state index contributed by atoms with van der Waals surface area (Å²) in [6, 6.07) is 0. The fraction of sp³-hybridized carbons (Fsp3) is 0.952. The van der Waals surface area contributed by atoms with E-state index < -0.39 is 0 Å². The Morgan fingerprint density at radius 1 is 1.00 bits per heavy atom. The minimum atomic E-state index is 0.0620. The van der Waals surface area contributed by atoms with Crippen molar-refractivity contribution in [1.82, 2.24) is 0 Å². The summed E-state index contributed by atoms with van der Waals surface area (Å²) < 4.78 is 5.23.